The normalized spacial score (nSPS) is 22.1. The van der Waals surface area contributed by atoms with Gasteiger partial charge < -0.3 is 5.32 Å². The summed E-state index contributed by atoms with van der Waals surface area (Å²) in [5.41, 5.74) is 1.95. The predicted octanol–water partition coefficient (Wildman–Crippen LogP) is 1.36. The zero-order valence-corrected chi connectivity index (χ0v) is 15.8. The van der Waals surface area contributed by atoms with Crippen LogP contribution in [0.3, 0.4) is 0 Å². The second kappa shape index (κ2) is 6.72. The number of hydrogen-bond acceptors (Lipinski definition) is 6. The van der Waals surface area contributed by atoms with Gasteiger partial charge in [-0.1, -0.05) is 6.92 Å². The van der Waals surface area contributed by atoms with Gasteiger partial charge >= 0.3 is 0 Å². The van der Waals surface area contributed by atoms with E-state index in [1.54, 1.807) is 10.9 Å². The topological polar surface area (TPSA) is 93.0 Å². The van der Waals surface area contributed by atoms with Gasteiger partial charge in [0, 0.05) is 37.1 Å². The van der Waals surface area contributed by atoms with E-state index in [0.717, 1.165) is 17.8 Å². The number of rotatable bonds is 4. The van der Waals surface area contributed by atoms with Gasteiger partial charge in [-0.15, -0.1) is 0 Å². The molecule has 3 rings (SSSR count). The lowest BCUT2D eigenvalue weighted by Gasteiger charge is -2.35. The Morgan fingerprint density at radius 2 is 2.08 bits per heavy atom. The summed E-state index contributed by atoms with van der Waals surface area (Å²) < 4.78 is 26.7. The maximum absolute atomic E-state index is 11.7. The summed E-state index contributed by atoms with van der Waals surface area (Å²) in [4.78, 5) is 8.86. The van der Waals surface area contributed by atoms with Crippen molar-refractivity contribution >= 4 is 16.0 Å². The van der Waals surface area contributed by atoms with E-state index in [0.29, 0.717) is 24.9 Å². The first-order chi connectivity index (χ1) is 11.7. The van der Waals surface area contributed by atoms with Crippen LogP contribution in [-0.2, 0) is 10.0 Å². The van der Waals surface area contributed by atoms with Crippen molar-refractivity contribution in [2.75, 3.05) is 24.7 Å². The molecule has 2 unspecified atom stereocenters. The Balaban J connectivity index is 1.74. The van der Waals surface area contributed by atoms with Gasteiger partial charge in [-0.25, -0.2) is 22.4 Å². The minimum atomic E-state index is -3.14. The number of aryl methyl sites for hydroxylation is 2. The van der Waals surface area contributed by atoms with Gasteiger partial charge in [0.25, 0.3) is 0 Å². The SMILES string of the molecule is Cc1cc(C)n(-c2ccnc(NC3CCN(S(C)(=O)=O)CC3C)n2)n1. The van der Waals surface area contributed by atoms with Crippen molar-refractivity contribution in [3.05, 3.63) is 29.7 Å². The summed E-state index contributed by atoms with van der Waals surface area (Å²) in [5.74, 6) is 1.42. The number of nitrogens with zero attached hydrogens (tertiary/aromatic N) is 5. The van der Waals surface area contributed by atoms with Crippen LogP contribution in [0.25, 0.3) is 5.82 Å². The number of aromatic nitrogens is 4. The molecule has 0 radical (unpaired) electrons. The smallest absolute Gasteiger partial charge is 0.224 e. The molecule has 2 aromatic rings. The first kappa shape index (κ1) is 17.8. The molecular formula is C16H24N6O2S. The fourth-order valence-electron chi connectivity index (χ4n) is 3.19. The highest BCUT2D eigenvalue weighted by Crippen LogP contribution is 2.22. The van der Waals surface area contributed by atoms with E-state index >= 15 is 0 Å². The predicted molar refractivity (Wildman–Crippen MR) is 96.2 cm³/mol. The van der Waals surface area contributed by atoms with Crippen molar-refractivity contribution in [3.63, 3.8) is 0 Å². The third-order valence-corrected chi connectivity index (χ3v) is 5.79. The van der Waals surface area contributed by atoms with E-state index < -0.39 is 10.0 Å². The van der Waals surface area contributed by atoms with E-state index in [2.05, 4.69) is 20.4 Å². The van der Waals surface area contributed by atoms with Gasteiger partial charge in [0.2, 0.25) is 16.0 Å². The van der Waals surface area contributed by atoms with Crippen molar-refractivity contribution in [2.24, 2.45) is 5.92 Å². The Bertz CT molecular complexity index is 863. The molecule has 0 aromatic carbocycles. The van der Waals surface area contributed by atoms with E-state index in [-0.39, 0.29) is 12.0 Å². The molecule has 1 saturated heterocycles. The first-order valence-corrected chi connectivity index (χ1v) is 10.2. The van der Waals surface area contributed by atoms with Gasteiger partial charge in [-0.05, 0) is 32.3 Å². The van der Waals surface area contributed by atoms with Gasteiger partial charge in [0.05, 0.1) is 11.9 Å². The summed E-state index contributed by atoms with van der Waals surface area (Å²) in [6.07, 6.45) is 3.69. The fourth-order valence-corrected chi connectivity index (χ4v) is 4.13. The van der Waals surface area contributed by atoms with Crippen LogP contribution in [0.4, 0.5) is 5.95 Å². The third kappa shape index (κ3) is 3.98. The summed E-state index contributed by atoms with van der Waals surface area (Å²) in [6.45, 7) is 6.99. The average molecular weight is 364 g/mol. The van der Waals surface area contributed by atoms with Crippen molar-refractivity contribution < 1.29 is 8.42 Å². The number of nitrogens with one attached hydrogen (secondary N) is 1. The van der Waals surface area contributed by atoms with Gasteiger partial charge in [0.15, 0.2) is 5.82 Å². The third-order valence-electron chi connectivity index (χ3n) is 4.52. The van der Waals surface area contributed by atoms with Gasteiger partial charge in [0.1, 0.15) is 0 Å². The van der Waals surface area contributed by atoms with Crippen LogP contribution in [0, 0.1) is 19.8 Å². The van der Waals surface area contributed by atoms with Crippen LogP contribution >= 0.6 is 0 Å². The number of anilines is 1. The summed E-state index contributed by atoms with van der Waals surface area (Å²) in [6, 6.07) is 3.95. The molecule has 8 nitrogen and oxygen atoms in total. The van der Waals surface area contributed by atoms with Crippen LogP contribution in [-0.4, -0.2) is 57.9 Å². The molecule has 136 valence electrons. The molecule has 25 heavy (non-hydrogen) atoms. The quantitative estimate of drug-likeness (QED) is 0.880. The Hall–Kier alpha value is -2.00. The van der Waals surface area contributed by atoms with Crippen molar-refractivity contribution in [2.45, 2.75) is 33.2 Å². The zero-order valence-electron chi connectivity index (χ0n) is 15.0. The summed E-state index contributed by atoms with van der Waals surface area (Å²) in [5, 5.41) is 7.80. The molecule has 3 heterocycles. The van der Waals surface area contributed by atoms with E-state index in [1.807, 2.05) is 32.9 Å². The molecule has 2 aromatic heterocycles. The minimum absolute atomic E-state index is 0.133. The molecule has 0 saturated carbocycles. The minimum Gasteiger partial charge on any atom is -0.351 e. The molecule has 0 spiro atoms. The zero-order chi connectivity index (χ0) is 18.2. The monoisotopic (exact) mass is 364 g/mol. The molecule has 9 heteroatoms. The highest BCUT2D eigenvalue weighted by Gasteiger charge is 2.30. The molecular weight excluding hydrogens is 340 g/mol. The number of hydrogen-bond donors (Lipinski definition) is 1. The maximum atomic E-state index is 11.7. The average Bonchev–Trinajstić information content (AvgIpc) is 2.87. The van der Waals surface area contributed by atoms with Gasteiger partial charge in [-0.3, -0.25) is 0 Å². The van der Waals surface area contributed by atoms with Crippen LogP contribution in [0.15, 0.2) is 18.3 Å². The van der Waals surface area contributed by atoms with E-state index in [1.165, 1.54) is 10.6 Å². The maximum Gasteiger partial charge on any atom is 0.224 e. The lowest BCUT2D eigenvalue weighted by Crippen LogP contribution is -2.47. The molecule has 2 atom stereocenters. The molecule has 1 fully saturated rings. The Labute approximate surface area is 148 Å². The van der Waals surface area contributed by atoms with Crippen LogP contribution in [0.1, 0.15) is 24.7 Å². The Morgan fingerprint density at radius 3 is 2.68 bits per heavy atom. The van der Waals surface area contributed by atoms with Crippen molar-refractivity contribution in [1.82, 2.24) is 24.1 Å². The van der Waals surface area contributed by atoms with Crippen LogP contribution in [0.5, 0.6) is 0 Å². The number of sulfonamides is 1. The summed E-state index contributed by atoms with van der Waals surface area (Å²) in [7, 11) is -3.14. The molecule has 1 N–H and O–H groups in total. The first-order valence-electron chi connectivity index (χ1n) is 8.32. The molecule has 1 aliphatic rings. The molecule has 0 amide bonds. The van der Waals surface area contributed by atoms with Crippen LogP contribution < -0.4 is 5.32 Å². The summed E-state index contributed by atoms with van der Waals surface area (Å²) >= 11 is 0. The molecule has 1 aliphatic heterocycles. The van der Waals surface area contributed by atoms with Gasteiger partial charge in [-0.2, -0.15) is 10.1 Å². The van der Waals surface area contributed by atoms with Crippen LogP contribution in [0.2, 0.25) is 0 Å². The second-order valence-electron chi connectivity index (χ2n) is 6.72. The lowest BCUT2D eigenvalue weighted by atomic mass is 9.95. The second-order valence-corrected chi connectivity index (χ2v) is 8.70. The highest BCUT2D eigenvalue weighted by atomic mass is 32.2. The molecule has 0 aliphatic carbocycles. The Kier molecular flexibility index (Phi) is 4.79. The van der Waals surface area contributed by atoms with E-state index in [9.17, 15) is 8.42 Å². The fraction of sp³-hybridized carbons (Fsp3) is 0.562. The largest absolute Gasteiger partial charge is 0.351 e. The number of piperidine rings is 1. The van der Waals surface area contributed by atoms with E-state index in [4.69, 9.17) is 0 Å². The van der Waals surface area contributed by atoms with Crippen molar-refractivity contribution in [1.29, 1.82) is 0 Å². The Morgan fingerprint density at radius 1 is 1.32 bits per heavy atom. The lowest BCUT2D eigenvalue weighted by molar-refractivity contribution is 0.262. The standard InChI is InChI=1S/C16H24N6O2S/c1-11-10-21(25(4,23)24)8-6-14(11)18-16-17-7-5-15(19-16)22-13(3)9-12(2)20-22/h5,7,9,11,14H,6,8,10H2,1-4H3,(H,17,18,19). The molecule has 0 bridgehead atoms. The van der Waals surface area contributed by atoms with Crippen molar-refractivity contribution in [3.8, 4) is 5.82 Å². The highest BCUT2D eigenvalue weighted by molar-refractivity contribution is 7.88.